The Hall–Kier alpha value is -0.850. The Morgan fingerprint density at radius 1 is 1.00 bits per heavy atom. The zero-order valence-electron chi connectivity index (χ0n) is 14.5. The summed E-state index contributed by atoms with van der Waals surface area (Å²) >= 11 is 0. The van der Waals surface area contributed by atoms with Gasteiger partial charge in [-0.1, -0.05) is 0 Å². The molecule has 3 fully saturated rings. The number of carbonyl (C=O) groups excluding carboxylic acids is 2. The normalized spacial score (nSPS) is 22.8. The molecule has 0 aromatic heterocycles. The third kappa shape index (κ3) is 5.07. The van der Waals surface area contributed by atoms with Crippen LogP contribution in [0.5, 0.6) is 0 Å². The summed E-state index contributed by atoms with van der Waals surface area (Å²) < 4.78 is 0. The smallest absolute Gasteiger partial charge is 0.228 e. The highest BCUT2D eigenvalue weighted by molar-refractivity contribution is 5.85. The Labute approximate surface area is 151 Å². The number of amides is 2. The molecule has 0 radical (unpaired) electrons. The van der Waals surface area contributed by atoms with Gasteiger partial charge < -0.3 is 20.4 Å². The van der Waals surface area contributed by atoms with E-state index >= 15 is 0 Å². The molecule has 6 nitrogen and oxygen atoms in total. The lowest BCUT2D eigenvalue weighted by Gasteiger charge is -2.36. The molecular weight excluding hydrogens is 328 g/mol. The van der Waals surface area contributed by atoms with Gasteiger partial charge in [-0.2, -0.15) is 0 Å². The molecule has 138 valence electrons. The number of halogens is 1. The molecule has 0 saturated carbocycles. The van der Waals surface area contributed by atoms with E-state index < -0.39 is 0 Å². The summed E-state index contributed by atoms with van der Waals surface area (Å²) in [5.74, 6) is 0.716. The predicted octanol–water partition coefficient (Wildman–Crippen LogP) is 0.468. The van der Waals surface area contributed by atoms with Crippen molar-refractivity contribution in [2.45, 2.75) is 32.1 Å². The molecule has 3 aliphatic heterocycles. The van der Waals surface area contributed by atoms with Gasteiger partial charge in [-0.15, -0.1) is 12.4 Å². The lowest BCUT2D eigenvalue weighted by molar-refractivity contribution is -0.140. The Bertz CT molecular complexity index is 417. The van der Waals surface area contributed by atoms with Crippen molar-refractivity contribution in [1.29, 1.82) is 0 Å². The van der Waals surface area contributed by atoms with Crippen molar-refractivity contribution in [1.82, 2.24) is 20.4 Å². The van der Waals surface area contributed by atoms with E-state index in [1.807, 2.05) is 4.90 Å². The minimum absolute atomic E-state index is 0. The number of likely N-dealkylation sites (tertiary alicyclic amines) is 2. The molecular formula is C17H31ClN4O2. The van der Waals surface area contributed by atoms with Crippen LogP contribution in [0.2, 0.25) is 0 Å². The summed E-state index contributed by atoms with van der Waals surface area (Å²) in [7, 11) is 0. The average molecular weight is 359 g/mol. The second-order valence-electron chi connectivity index (χ2n) is 7.15. The number of nitrogens with one attached hydrogen (secondary N) is 2. The van der Waals surface area contributed by atoms with Crippen LogP contribution in [-0.4, -0.2) is 74.0 Å². The van der Waals surface area contributed by atoms with Crippen LogP contribution in [0.25, 0.3) is 0 Å². The van der Waals surface area contributed by atoms with Gasteiger partial charge in [-0.05, 0) is 51.7 Å². The maximum atomic E-state index is 12.2. The Kier molecular flexibility index (Phi) is 7.78. The number of nitrogens with zero attached hydrogens (tertiary/aromatic N) is 2. The van der Waals surface area contributed by atoms with Crippen LogP contribution in [0.1, 0.15) is 32.1 Å². The fourth-order valence-electron chi connectivity index (χ4n) is 3.75. The van der Waals surface area contributed by atoms with Crippen LogP contribution >= 0.6 is 12.4 Å². The molecule has 3 saturated heterocycles. The molecule has 0 unspecified atom stereocenters. The first-order valence-electron chi connectivity index (χ1n) is 9.23. The van der Waals surface area contributed by atoms with E-state index in [1.54, 1.807) is 0 Å². The van der Waals surface area contributed by atoms with E-state index in [4.69, 9.17) is 0 Å². The number of hydrogen-bond acceptors (Lipinski definition) is 4. The van der Waals surface area contributed by atoms with Crippen LogP contribution in [0.15, 0.2) is 0 Å². The largest absolute Gasteiger partial charge is 0.356 e. The molecule has 3 aliphatic rings. The Morgan fingerprint density at radius 3 is 2.25 bits per heavy atom. The van der Waals surface area contributed by atoms with Gasteiger partial charge in [0.1, 0.15) is 0 Å². The lowest BCUT2D eigenvalue weighted by atomic mass is 9.93. The van der Waals surface area contributed by atoms with Crippen LogP contribution < -0.4 is 10.6 Å². The Balaban J connectivity index is 0.00000208. The summed E-state index contributed by atoms with van der Waals surface area (Å²) in [6.07, 6.45) is 5.30. The maximum Gasteiger partial charge on any atom is 0.228 e. The van der Waals surface area contributed by atoms with E-state index in [0.717, 1.165) is 58.5 Å². The molecule has 0 aromatic rings. The molecule has 0 aliphatic carbocycles. The van der Waals surface area contributed by atoms with Crippen LogP contribution in [0.3, 0.4) is 0 Å². The summed E-state index contributed by atoms with van der Waals surface area (Å²) in [5.41, 5.74) is 0. The summed E-state index contributed by atoms with van der Waals surface area (Å²) in [6, 6.07) is 0. The van der Waals surface area contributed by atoms with Crippen molar-refractivity contribution >= 4 is 24.2 Å². The van der Waals surface area contributed by atoms with Gasteiger partial charge in [-0.25, -0.2) is 0 Å². The quantitative estimate of drug-likeness (QED) is 0.677. The number of piperidine rings is 1. The highest BCUT2D eigenvalue weighted by atomic mass is 35.5. The topological polar surface area (TPSA) is 64.7 Å². The number of rotatable bonds is 6. The first-order chi connectivity index (χ1) is 11.2. The van der Waals surface area contributed by atoms with Gasteiger partial charge in [0.05, 0.1) is 5.92 Å². The van der Waals surface area contributed by atoms with Gasteiger partial charge in [0.2, 0.25) is 11.8 Å². The van der Waals surface area contributed by atoms with Crippen LogP contribution in [0.4, 0.5) is 0 Å². The van der Waals surface area contributed by atoms with Crippen molar-refractivity contribution in [2.75, 3.05) is 52.4 Å². The monoisotopic (exact) mass is 358 g/mol. The molecule has 2 N–H and O–H groups in total. The van der Waals surface area contributed by atoms with E-state index in [-0.39, 0.29) is 36.1 Å². The molecule has 0 atom stereocenters. The molecule has 7 heteroatoms. The first-order valence-corrected chi connectivity index (χ1v) is 9.23. The fourth-order valence-corrected chi connectivity index (χ4v) is 3.75. The first kappa shape index (κ1) is 19.5. The average Bonchev–Trinajstić information content (AvgIpc) is 3.03. The lowest BCUT2D eigenvalue weighted by Crippen LogP contribution is -2.54. The molecule has 24 heavy (non-hydrogen) atoms. The molecule has 0 bridgehead atoms. The number of hydrogen-bond donors (Lipinski definition) is 2. The molecule has 2 amide bonds. The van der Waals surface area contributed by atoms with Gasteiger partial charge >= 0.3 is 0 Å². The fraction of sp³-hybridized carbons (Fsp3) is 0.882. The third-order valence-corrected chi connectivity index (χ3v) is 5.46. The molecule has 3 rings (SSSR count). The number of carbonyl (C=O) groups is 2. The summed E-state index contributed by atoms with van der Waals surface area (Å²) in [4.78, 5) is 28.8. The van der Waals surface area contributed by atoms with Crippen LogP contribution in [0, 0.1) is 11.8 Å². The van der Waals surface area contributed by atoms with E-state index in [9.17, 15) is 9.59 Å². The third-order valence-electron chi connectivity index (χ3n) is 5.46. The van der Waals surface area contributed by atoms with E-state index in [1.165, 1.54) is 25.9 Å². The highest BCUT2D eigenvalue weighted by Gasteiger charge is 2.33. The zero-order valence-corrected chi connectivity index (χ0v) is 15.3. The van der Waals surface area contributed by atoms with Crippen molar-refractivity contribution in [3.8, 4) is 0 Å². The summed E-state index contributed by atoms with van der Waals surface area (Å²) in [6.45, 7) is 7.42. The molecule has 0 aromatic carbocycles. The summed E-state index contributed by atoms with van der Waals surface area (Å²) in [5, 5.41) is 6.23. The van der Waals surface area contributed by atoms with Crippen molar-refractivity contribution in [3.05, 3.63) is 0 Å². The highest BCUT2D eigenvalue weighted by Crippen LogP contribution is 2.20. The second kappa shape index (κ2) is 9.59. The SMILES string of the molecule is Cl.O=C(NCCCN1CCCC1)C1CCN(C(=O)C2CNC2)CC1. The van der Waals surface area contributed by atoms with E-state index in [0.29, 0.717) is 0 Å². The molecule has 3 heterocycles. The zero-order chi connectivity index (χ0) is 16.1. The van der Waals surface area contributed by atoms with Crippen molar-refractivity contribution in [2.24, 2.45) is 11.8 Å². The van der Waals surface area contributed by atoms with Gasteiger partial charge in [0.25, 0.3) is 0 Å². The minimum atomic E-state index is 0. The predicted molar refractivity (Wildman–Crippen MR) is 96.2 cm³/mol. The molecule has 0 spiro atoms. The van der Waals surface area contributed by atoms with Gasteiger partial charge in [-0.3, -0.25) is 9.59 Å². The van der Waals surface area contributed by atoms with Gasteiger partial charge in [0, 0.05) is 38.6 Å². The second-order valence-corrected chi connectivity index (χ2v) is 7.15. The standard InChI is InChI=1S/C17H30N4O2.ClH/c22-16(19-6-3-9-20-7-1-2-8-20)14-4-10-21(11-5-14)17(23)15-12-18-13-15;/h14-15,18H,1-13H2,(H,19,22);1H. The Morgan fingerprint density at radius 2 is 1.67 bits per heavy atom. The van der Waals surface area contributed by atoms with E-state index in [2.05, 4.69) is 15.5 Å². The minimum Gasteiger partial charge on any atom is -0.356 e. The maximum absolute atomic E-state index is 12.2. The van der Waals surface area contributed by atoms with Crippen molar-refractivity contribution < 1.29 is 9.59 Å². The van der Waals surface area contributed by atoms with Gasteiger partial charge in [0.15, 0.2) is 0 Å². The van der Waals surface area contributed by atoms with Crippen molar-refractivity contribution in [3.63, 3.8) is 0 Å². The van der Waals surface area contributed by atoms with Crippen LogP contribution in [-0.2, 0) is 9.59 Å².